The van der Waals surface area contributed by atoms with Crippen molar-refractivity contribution in [3.8, 4) is 0 Å². The van der Waals surface area contributed by atoms with E-state index in [0.717, 1.165) is 17.6 Å². The number of rotatable bonds is 1. The smallest absolute Gasteiger partial charge is 0.169 e. The number of hydrogen-bond donors (Lipinski definition) is 0. The molecule has 0 saturated heterocycles. The number of imidazole rings is 1. The number of aromatic nitrogens is 2. The van der Waals surface area contributed by atoms with Gasteiger partial charge in [0.1, 0.15) is 15.9 Å². The Hall–Kier alpha value is -1.16. The number of fused-ring (bicyclic) bond motifs is 1. The molecule has 0 aliphatic rings. The van der Waals surface area contributed by atoms with E-state index in [-0.39, 0.29) is 0 Å². The van der Waals surface area contributed by atoms with Crippen LogP contribution in [-0.4, -0.2) is 15.7 Å². The van der Waals surface area contributed by atoms with Crippen LogP contribution in [0.4, 0.5) is 0 Å². The van der Waals surface area contributed by atoms with Crippen LogP contribution in [0.5, 0.6) is 0 Å². The number of carbonyl (C=O) groups is 1. The van der Waals surface area contributed by atoms with Crippen LogP contribution in [0.2, 0.25) is 0 Å². The van der Waals surface area contributed by atoms with Crippen molar-refractivity contribution in [3.05, 3.63) is 34.2 Å². The van der Waals surface area contributed by atoms with Crippen LogP contribution >= 0.6 is 15.9 Å². The van der Waals surface area contributed by atoms with Crippen LogP contribution in [0.3, 0.4) is 0 Å². The molecule has 13 heavy (non-hydrogen) atoms. The highest BCUT2D eigenvalue weighted by molar-refractivity contribution is 9.10. The summed E-state index contributed by atoms with van der Waals surface area (Å²) in [5, 5.41) is 0. The first-order valence-electron chi connectivity index (χ1n) is 3.83. The van der Waals surface area contributed by atoms with Gasteiger partial charge in [0.15, 0.2) is 6.29 Å². The molecule has 0 radical (unpaired) electrons. The molecule has 0 fully saturated rings. The Morgan fingerprint density at radius 2 is 2.31 bits per heavy atom. The quantitative estimate of drug-likeness (QED) is 0.715. The number of nitrogens with zero attached hydrogens (tertiary/aromatic N) is 2. The zero-order valence-electron chi connectivity index (χ0n) is 6.99. The molecular formula is C9H7BrN2O. The highest BCUT2D eigenvalue weighted by atomic mass is 79.9. The minimum atomic E-state index is 0.563. The minimum absolute atomic E-state index is 0.563. The topological polar surface area (TPSA) is 34.4 Å². The van der Waals surface area contributed by atoms with Gasteiger partial charge in [-0.05, 0) is 35.0 Å². The number of hydrogen-bond acceptors (Lipinski definition) is 2. The standard InChI is InChI=1S/C9H7BrN2O/c1-6-3-2-4-8-11-9(10)7(5-13)12(6)8/h2-5H,1H3. The van der Waals surface area contributed by atoms with E-state index in [1.807, 2.05) is 29.5 Å². The fraction of sp³-hybridized carbons (Fsp3) is 0.111. The van der Waals surface area contributed by atoms with Crippen molar-refractivity contribution in [2.75, 3.05) is 0 Å². The van der Waals surface area contributed by atoms with Crippen LogP contribution in [-0.2, 0) is 0 Å². The molecule has 3 nitrogen and oxygen atoms in total. The van der Waals surface area contributed by atoms with Crippen molar-refractivity contribution >= 4 is 27.9 Å². The zero-order chi connectivity index (χ0) is 9.42. The van der Waals surface area contributed by atoms with Crippen LogP contribution < -0.4 is 0 Å². The van der Waals surface area contributed by atoms with Crippen molar-refractivity contribution in [3.63, 3.8) is 0 Å². The molecule has 66 valence electrons. The summed E-state index contributed by atoms with van der Waals surface area (Å²) in [7, 11) is 0. The van der Waals surface area contributed by atoms with E-state index in [9.17, 15) is 4.79 Å². The van der Waals surface area contributed by atoms with E-state index in [1.54, 1.807) is 0 Å². The summed E-state index contributed by atoms with van der Waals surface area (Å²) >= 11 is 3.24. The zero-order valence-corrected chi connectivity index (χ0v) is 8.58. The molecule has 0 aliphatic heterocycles. The Balaban J connectivity index is 2.96. The second-order valence-corrected chi connectivity index (χ2v) is 3.52. The number of pyridine rings is 1. The summed E-state index contributed by atoms with van der Waals surface area (Å²) in [6.07, 6.45) is 0.803. The Bertz CT molecular complexity index is 476. The fourth-order valence-electron chi connectivity index (χ4n) is 1.36. The molecule has 2 aromatic heterocycles. The Kier molecular flexibility index (Phi) is 1.92. The van der Waals surface area contributed by atoms with Crippen LogP contribution in [0.15, 0.2) is 22.8 Å². The molecule has 0 unspecified atom stereocenters. The van der Waals surface area contributed by atoms with E-state index >= 15 is 0 Å². The molecule has 0 bridgehead atoms. The number of aryl methyl sites for hydroxylation is 1. The Morgan fingerprint density at radius 1 is 1.54 bits per heavy atom. The van der Waals surface area contributed by atoms with Crippen molar-refractivity contribution in [1.29, 1.82) is 0 Å². The van der Waals surface area contributed by atoms with E-state index < -0.39 is 0 Å². The van der Waals surface area contributed by atoms with Gasteiger partial charge in [-0.1, -0.05) is 6.07 Å². The molecule has 0 amide bonds. The maximum Gasteiger partial charge on any atom is 0.169 e. The average molecular weight is 239 g/mol. The maximum atomic E-state index is 10.8. The molecule has 0 aliphatic carbocycles. The highest BCUT2D eigenvalue weighted by Crippen LogP contribution is 2.17. The predicted octanol–water partition coefficient (Wildman–Crippen LogP) is 2.22. The molecule has 0 N–H and O–H groups in total. The summed E-state index contributed by atoms with van der Waals surface area (Å²) in [5.41, 5.74) is 2.35. The van der Waals surface area contributed by atoms with Crippen molar-refractivity contribution < 1.29 is 4.79 Å². The van der Waals surface area contributed by atoms with Gasteiger partial charge < -0.3 is 0 Å². The lowest BCUT2D eigenvalue weighted by atomic mass is 10.3. The van der Waals surface area contributed by atoms with Crippen LogP contribution in [0.25, 0.3) is 5.65 Å². The molecule has 2 rings (SSSR count). The third kappa shape index (κ3) is 1.18. The van der Waals surface area contributed by atoms with Crippen molar-refractivity contribution in [1.82, 2.24) is 9.38 Å². The monoisotopic (exact) mass is 238 g/mol. The molecular weight excluding hydrogens is 232 g/mol. The minimum Gasteiger partial charge on any atom is -0.296 e. The van der Waals surface area contributed by atoms with Gasteiger partial charge in [-0.2, -0.15) is 0 Å². The molecule has 0 atom stereocenters. The molecule has 2 aromatic rings. The molecule has 2 heterocycles. The number of aldehydes is 1. The fourth-order valence-corrected chi connectivity index (χ4v) is 1.81. The second-order valence-electron chi connectivity index (χ2n) is 2.77. The molecule has 0 aromatic carbocycles. The Labute approximate surface area is 83.5 Å². The van der Waals surface area contributed by atoms with E-state index in [1.165, 1.54) is 0 Å². The molecule has 0 saturated carbocycles. The number of carbonyl (C=O) groups excluding carboxylic acids is 1. The van der Waals surface area contributed by atoms with Gasteiger partial charge in [-0.15, -0.1) is 0 Å². The lowest BCUT2D eigenvalue weighted by Gasteiger charge is -1.99. The lowest BCUT2D eigenvalue weighted by Crippen LogP contribution is -1.95. The van der Waals surface area contributed by atoms with Gasteiger partial charge in [-0.25, -0.2) is 4.98 Å². The largest absolute Gasteiger partial charge is 0.296 e. The summed E-state index contributed by atoms with van der Waals surface area (Å²) in [5.74, 6) is 0. The van der Waals surface area contributed by atoms with Crippen LogP contribution in [0, 0.1) is 6.92 Å². The van der Waals surface area contributed by atoms with Crippen molar-refractivity contribution in [2.45, 2.75) is 6.92 Å². The summed E-state index contributed by atoms with van der Waals surface area (Å²) in [6.45, 7) is 1.94. The molecule has 4 heteroatoms. The van der Waals surface area contributed by atoms with Crippen molar-refractivity contribution in [2.24, 2.45) is 0 Å². The first-order valence-corrected chi connectivity index (χ1v) is 4.62. The van der Waals surface area contributed by atoms with Gasteiger partial charge >= 0.3 is 0 Å². The normalized spacial score (nSPS) is 10.6. The number of halogens is 1. The first-order chi connectivity index (χ1) is 6.24. The summed E-state index contributed by atoms with van der Waals surface area (Å²) in [6, 6.07) is 5.72. The van der Waals surface area contributed by atoms with Gasteiger partial charge in [0.2, 0.25) is 0 Å². The van der Waals surface area contributed by atoms with E-state index in [4.69, 9.17) is 0 Å². The van der Waals surface area contributed by atoms with Gasteiger partial charge in [-0.3, -0.25) is 9.20 Å². The van der Waals surface area contributed by atoms with E-state index in [2.05, 4.69) is 20.9 Å². The van der Waals surface area contributed by atoms with Gasteiger partial charge in [0, 0.05) is 5.69 Å². The maximum absolute atomic E-state index is 10.8. The second kappa shape index (κ2) is 2.96. The van der Waals surface area contributed by atoms with Gasteiger partial charge in [0.25, 0.3) is 0 Å². The average Bonchev–Trinajstić information content (AvgIpc) is 2.42. The Morgan fingerprint density at radius 3 is 3.00 bits per heavy atom. The summed E-state index contributed by atoms with van der Waals surface area (Å²) in [4.78, 5) is 15.0. The predicted molar refractivity (Wildman–Crippen MR) is 53.0 cm³/mol. The van der Waals surface area contributed by atoms with Gasteiger partial charge in [0.05, 0.1) is 0 Å². The first kappa shape index (κ1) is 8.44. The third-order valence-corrected chi connectivity index (χ3v) is 2.52. The van der Waals surface area contributed by atoms with Crippen LogP contribution in [0.1, 0.15) is 16.2 Å². The van der Waals surface area contributed by atoms with E-state index in [0.29, 0.717) is 10.3 Å². The molecule has 0 spiro atoms. The lowest BCUT2D eigenvalue weighted by molar-refractivity contribution is 0.111. The highest BCUT2D eigenvalue weighted by Gasteiger charge is 2.09. The summed E-state index contributed by atoms with van der Waals surface area (Å²) < 4.78 is 2.41. The third-order valence-electron chi connectivity index (χ3n) is 1.94. The SMILES string of the molecule is Cc1cccc2nc(Br)c(C=O)n12.